The lowest BCUT2D eigenvalue weighted by Gasteiger charge is -2.26. The molecule has 2 aliphatic rings. The van der Waals surface area contributed by atoms with E-state index in [2.05, 4.69) is 42.9 Å². The summed E-state index contributed by atoms with van der Waals surface area (Å²) >= 11 is 0. The summed E-state index contributed by atoms with van der Waals surface area (Å²) in [5, 5.41) is 29.8. The van der Waals surface area contributed by atoms with Crippen molar-refractivity contribution in [1.82, 2.24) is 35.4 Å². The first-order chi connectivity index (χ1) is 18.1. The molecule has 3 N–H and O–H groups in total. The largest absolute Gasteiger partial charge is 0.393 e. The van der Waals surface area contributed by atoms with Gasteiger partial charge in [-0.25, -0.2) is 4.68 Å². The van der Waals surface area contributed by atoms with Crippen molar-refractivity contribution >= 4 is 16.8 Å². The van der Waals surface area contributed by atoms with E-state index < -0.39 is 0 Å². The summed E-state index contributed by atoms with van der Waals surface area (Å²) in [5.74, 6) is -0.115. The SMILES string of the molecule is O=C(NC1CCC(O)CC1)c1ccc2[nH]nc(-c3cn(-c4ccc(CN5CCOCC5)cc4)nn3)c2c1. The fraction of sp³-hybridized carbons (Fsp3) is 0.407. The summed E-state index contributed by atoms with van der Waals surface area (Å²) in [4.78, 5) is 15.3. The molecule has 0 atom stereocenters. The van der Waals surface area contributed by atoms with Crippen LogP contribution in [0.5, 0.6) is 0 Å². The molecular formula is C27H31N7O3. The number of aromatic amines is 1. The Morgan fingerprint density at radius 1 is 1.08 bits per heavy atom. The van der Waals surface area contributed by atoms with Crippen LogP contribution in [0.25, 0.3) is 28.0 Å². The summed E-state index contributed by atoms with van der Waals surface area (Å²) in [5.41, 5.74) is 4.85. The zero-order valence-corrected chi connectivity index (χ0v) is 20.6. The molecule has 4 aromatic rings. The number of morpholine rings is 1. The number of ether oxygens (including phenoxy) is 1. The molecule has 1 aliphatic carbocycles. The Balaban J connectivity index is 1.17. The second kappa shape index (κ2) is 10.4. The third-order valence-electron chi connectivity index (χ3n) is 7.30. The number of aliphatic hydroxyl groups is 1. The number of aliphatic hydroxyl groups excluding tert-OH is 1. The Kier molecular flexibility index (Phi) is 6.69. The molecule has 2 fully saturated rings. The number of H-pyrrole nitrogens is 1. The zero-order chi connectivity index (χ0) is 25.2. The summed E-state index contributed by atoms with van der Waals surface area (Å²) in [7, 11) is 0. The number of hydrogen-bond donors (Lipinski definition) is 3. The van der Waals surface area contributed by atoms with Crippen LogP contribution in [0.4, 0.5) is 0 Å². The smallest absolute Gasteiger partial charge is 0.251 e. The molecule has 10 heteroatoms. The van der Waals surface area contributed by atoms with Gasteiger partial charge in [-0.2, -0.15) is 5.10 Å². The Hall–Kier alpha value is -3.60. The zero-order valence-electron chi connectivity index (χ0n) is 20.6. The minimum absolute atomic E-state index is 0.0931. The van der Waals surface area contributed by atoms with Crippen LogP contribution >= 0.6 is 0 Å². The van der Waals surface area contributed by atoms with E-state index in [4.69, 9.17) is 4.74 Å². The first-order valence-corrected chi connectivity index (χ1v) is 12.9. The molecule has 37 heavy (non-hydrogen) atoms. The highest BCUT2D eigenvalue weighted by atomic mass is 16.5. The van der Waals surface area contributed by atoms with Gasteiger partial charge in [-0.15, -0.1) is 5.10 Å². The van der Waals surface area contributed by atoms with Gasteiger partial charge in [0.05, 0.1) is 36.7 Å². The molecule has 0 spiro atoms. The van der Waals surface area contributed by atoms with Crippen molar-refractivity contribution in [2.75, 3.05) is 26.3 Å². The average Bonchev–Trinajstić information content (AvgIpc) is 3.58. The van der Waals surface area contributed by atoms with Crippen molar-refractivity contribution in [3.05, 3.63) is 59.8 Å². The van der Waals surface area contributed by atoms with Crippen LogP contribution in [-0.4, -0.2) is 79.6 Å². The molecule has 10 nitrogen and oxygen atoms in total. The van der Waals surface area contributed by atoms with Gasteiger partial charge >= 0.3 is 0 Å². The maximum atomic E-state index is 12.9. The molecule has 0 bridgehead atoms. The van der Waals surface area contributed by atoms with Crippen LogP contribution < -0.4 is 5.32 Å². The Labute approximate surface area is 214 Å². The fourth-order valence-electron chi connectivity index (χ4n) is 5.11. The predicted octanol–water partition coefficient (Wildman–Crippen LogP) is 2.68. The lowest BCUT2D eigenvalue weighted by Crippen LogP contribution is -2.38. The Bertz CT molecular complexity index is 1370. The molecule has 1 amide bonds. The molecule has 6 rings (SSSR count). The van der Waals surface area contributed by atoms with Gasteiger partial charge in [-0.1, -0.05) is 17.3 Å². The fourth-order valence-corrected chi connectivity index (χ4v) is 5.11. The van der Waals surface area contributed by atoms with Crippen molar-refractivity contribution in [3.63, 3.8) is 0 Å². The third kappa shape index (κ3) is 5.27. The Morgan fingerprint density at radius 3 is 2.65 bits per heavy atom. The molecule has 1 saturated heterocycles. The van der Waals surface area contributed by atoms with E-state index in [1.807, 2.05) is 30.5 Å². The highest BCUT2D eigenvalue weighted by Gasteiger charge is 2.22. The van der Waals surface area contributed by atoms with E-state index in [1.165, 1.54) is 5.56 Å². The van der Waals surface area contributed by atoms with E-state index in [0.717, 1.165) is 75.1 Å². The maximum Gasteiger partial charge on any atom is 0.251 e. The first-order valence-electron chi connectivity index (χ1n) is 12.9. The van der Waals surface area contributed by atoms with Gasteiger partial charge in [-0.3, -0.25) is 14.8 Å². The van der Waals surface area contributed by atoms with Crippen molar-refractivity contribution in [2.24, 2.45) is 0 Å². The molecule has 192 valence electrons. The molecule has 1 saturated carbocycles. The number of hydrogen-bond acceptors (Lipinski definition) is 7. The van der Waals surface area contributed by atoms with E-state index in [1.54, 1.807) is 10.7 Å². The van der Waals surface area contributed by atoms with Crippen molar-refractivity contribution in [2.45, 2.75) is 44.4 Å². The average molecular weight is 502 g/mol. The molecule has 0 radical (unpaired) electrons. The van der Waals surface area contributed by atoms with Gasteiger partial charge in [-0.05, 0) is 61.6 Å². The minimum Gasteiger partial charge on any atom is -0.393 e. The van der Waals surface area contributed by atoms with Crippen molar-refractivity contribution in [3.8, 4) is 17.1 Å². The number of rotatable bonds is 6. The maximum absolute atomic E-state index is 12.9. The van der Waals surface area contributed by atoms with Gasteiger partial charge < -0.3 is 15.2 Å². The number of carbonyl (C=O) groups excluding carboxylic acids is 1. The monoisotopic (exact) mass is 501 g/mol. The minimum atomic E-state index is -0.251. The lowest BCUT2D eigenvalue weighted by molar-refractivity contribution is 0.0342. The predicted molar refractivity (Wildman–Crippen MR) is 138 cm³/mol. The van der Waals surface area contributed by atoms with Crippen LogP contribution in [0.2, 0.25) is 0 Å². The molecule has 1 aliphatic heterocycles. The number of aromatic nitrogens is 5. The normalized spacial score (nSPS) is 20.8. The number of amides is 1. The Morgan fingerprint density at radius 2 is 1.86 bits per heavy atom. The van der Waals surface area contributed by atoms with E-state index in [9.17, 15) is 9.90 Å². The number of nitrogens with one attached hydrogen (secondary N) is 2. The topological polar surface area (TPSA) is 121 Å². The molecule has 3 heterocycles. The highest BCUT2D eigenvalue weighted by molar-refractivity contribution is 6.01. The second-order valence-electron chi connectivity index (χ2n) is 9.91. The summed E-state index contributed by atoms with van der Waals surface area (Å²) in [6, 6.07) is 13.9. The van der Waals surface area contributed by atoms with Crippen LogP contribution in [-0.2, 0) is 11.3 Å². The van der Waals surface area contributed by atoms with Crippen LogP contribution in [0.15, 0.2) is 48.7 Å². The summed E-state index contributed by atoms with van der Waals surface area (Å²) in [6.07, 6.45) is 4.64. The number of carbonyl (C=O) groups is 1. The van der Waals surface area contributed by atoms with E-state index in [-0.39, 0.29) is 18.1 Å². The van der Waals surface area contributed by atoms with Crippen LogP contribution in [0.3, 0.4) is 0 Å². The first kappa shape index (κ1) is 23.8. The number of benzene rings is 2. The summed E-state index contributed by atoms with van der Waals surface area (Å²) in [6.45, 7) is 4.41. The highest BCUT2D eigenvalue weighted by Crippen LogP contribution is 2.27. The van der Waals surface area contributed by atoms with E-state index in [0.29, 0.717) is 17.0 Å². The quantitative estimate of drug-likeness (QED) is 0.371. The van der Waals surface area contributed by atoms with Gasteiger partial charge in [0.1, 0.15) is 11.4 Å². The summed E-state index contributed by atoms with van der Waals surface area (Å²) < 4.78 is 7.17. The van der Waals surface area contributed by atoms with Gasteiger partial charge in [0.15, 0.2) is 0 Å². The molecular weight excluding hydrogens is 470 g/mol. The van der Waals surface area contributed by atoms with Gasteiger partial charge in [0.25, 0.3) is 5.91 Å². The molecule has 2 aromatic carbocycles. The van der Waals surface area contributed by atoms with Crippen molar-refractivity contribution < 1.29 is 14.6 Å². The molecule has 2 aromatic heterocycles. The second-order valence-corrected chi connectivity index (χ2v) is 9.91. The number of nitrogens with zero attached hydrogens (tertiary/aromatic N) is 5. The van der Waals surface area contributed by atoms with Crippen LogP contribution in [0, 0.1) is 0 Å². The van der Waals surface area contributed by atoms with Gasteiger partial charge in [0, 0.05) is 36.6 Å². The molecule has 0 unspecified atom stereocenters. The van der Waals surface area contributed by atoms with Crippen molar-refractivity contribution in [1.29, 1.82) is 0 Å². The number of fused-ring (bicyclic) bond motifs is 1. The van der Waals surface area contributed by atoms with Gasteiger partial charge in [0.2, 0.25) is 0 Å². The standard InChI is InChI=1S/C27H31N7O3/c35-22-8-4-20(5-9-22)28-27(36)19-3-10-24-23(15-19)26(31-29-24)25-17-34(32-30-25)21-6-1-18(2-7-21)16-33-11-13-37-14-12-33/h1-3,6-7,10,15,17,20,22,35H,4-5,8-9,11-14,16H2,(H,28,36)(H,29,31). The third-order valence-corrected chi connectivity index (χ3v) is 7.30. The van der Waals surface area contributed by atoms with Crippen LogP contribution in [0.1, 0.15) is 41.6 Å². The lowest BCUT2D eigenvalue weighted by atomic mass is 9.93. The van der Waals surface area contributed by atoms with E-state index >= 15 is 0 Å².